The number of imide groups is 2. The van der Waals surface area contributed by atoms with Gasteiger partial charge in [-0.25, -0.2) is 9.69 Å². The van der Waals surface area contributed by atoms with Crippen LogP contribution in [0.1, 0.15) is 39.5 Å². The second-order valence-corrected chi connectivity index (χ2v) is 8.82. The monoisotopic (exact) mass is 429 g/mol. The Morgan fingerprint density at radius 2 is 1.74 bits per heavy atom. The zero-order valence-electron chi connectivity index (χ0n) is 18.5. The number of piperazine rings is 1. The predicted molar refractivity (Wildman–Crippen MR) is 116 cm³/mol. The fourth-order valence-electron chi connectivity index (χ4n) is 5.08. The van der Waals surface area contributed by atoms with Gasteiger partial charge in [0.2, 0.25) is 0 Å². The number of nitrogens with zero attached hydrogens (tertiary/aromatic N) is 3. The number of anilines is 1. The molecular formula is C23H33N4O4+. The Bertz CT molecular complexity index is 837. The highest BCUT2D eigenvalue weighted by Gasteiger charge is 2.50. The third kappa shape index (κ3) is 4.26. The maximum Gasteiger partial charge on any atom is 0.338 e. The van der Waals surface area contributed by atoms with E-state index in [4.69, 9.17) is 4.74 Å². The summed E-state index contributed by atoms with van der Waals surface area (Å²) in [6.45, 7) is 8.08. The van der Waals surface area contributed by atoms with Gasteiger partial charge in [0.1, 0.15) is 5.75 Å². The predicted octanol–water partition coefficient (Wildman–Crippen LogP) is 1.12. The molecule has 2 atom stereocenters. The number of hydrogen-bond acceptors (Lipinski definition) is 5. The van der Waals surface area contributed by atoms with Crippen molar-refractivity contribution in [2.45, 2.75) is 45.6 Å². The van der Waals surface area contributed by atoms with Crippen LogP contribution in [0, 0.1) is 5.92 Å². The van der Waals surface area contributed by atoms with Crippen LogP contribution in [-0.2, 0) is 9.59 Å². The smallest absolute Gasteiger partial charge is 0.338 e. The van der Waals surface area contributed by atoms with Crippen molar-refractivity contribution >= 4 is 23.5 Å². The third-order valence-corrected chi connectivity index (χ3v) is 6.84. The van der Waals surface area contributed by atoms with Crippen molar-refractivity contribution < 1.29 is 24.0 Å². The number of urea groups is 1. The Labute approximate surface area is 183 Å². The number of para-hydroxylation sites is 2. The third-order valence-electron chi connectivity index (χ3n) is 6.84. The molecule has 8 heteroatoms. The summed E-state index contributed by atoms with van der Waals surface area (Å²) >= 11 is 0. The first kappa shape index (κ1) is 21.6. The fourth-order valence-corrected chi connectivity index (χ4v) is 5.08. The van der Waals surface area contributed by atoms with Gasteiger partial charge in [0.25, 0.3) is 0 Å². The number of rotatable bonds is 6. The molecule has 0 radical (unpaired) electrons. The molecule has 2 saturated heterocycles. The van der Waals surface area contributed by atoms with Gasteiger partial charge in [0, 0.05) is 6.04 Å². The molecule has 0 bridgehead atoms. The van der Waals surface area contributed by atoms with Gasteiger partial charge >= 0.3 is 17.8 Å². The molecular weight excluding hydrogens is 396 g/mol. The first-order valence-electron chi connectivity index (χ1n) is 11.5. The van der Waals surface area contributed by atoms with Gasteiger partial charge in [-0.1, -0.05) is 31.9 Å². The summed E-state index contributed by atoms with van der Waals surface area (Å²) < 4.78 is 5.75. The van der Waals surface area contributed by atoms with E-state index in [-0.39, 0.29) is 18.6 Å². The molecule has 31 heavy (non-hydrogen) atoms. The van der Waals surface area contributed by atoms with Gasteiger partial charge in [0.15, 0.2) is 6.67 Å². The van der Waals surface area contributed by atoms with Gasteiger partial charge in [-0.15, -0.1) is 0 Å². The molecule has 4 rings (SSSR count). The number of benzene rings is 1. The first-order valence-corrected chi connectivity index (χ1v) is 11.5. The zero-order chi connectivity index (χ0) is 22.0. The second-order valence-electron chi connectivity index (χ2n) is 8.82. The molecule has 8 nitrogen and oxygen atoms in total. The molecule has 1 aliphatic carbocycles. The summed E-state index contributed by atoms with van der Waals surface area (Å²) in [7, 11) is 0. The molecule has 1 aromatic rings. The maximum atomic E-state index is 13.0. The minimum absolute atomic E-state index is 0.149. The van der Waals surface area contributed by atoms with E-state index in [0.717, 1.165) is 68.2 Å². The van der Waals surface area contributed by atoms with Crippen LogP contribution in [0.25, 0.3) is 0 Å². The number of amides is 4. The SMILES string of the molecule is CCOc1ccccc1N1CC[NH+](CN2C(=O)C(=O)N([C@@H]3CCCC[C@H]3C)C2=O)CC1. The van der Waals surface area contributed by atoms with E-state index in [1.807, 2.05) is 25.1 Å². The van der Waals surface area contributed by atoms with Crippen LogP contribution < -0.4 is 14.5 Å². The van der Waals surface area contributed by atoms with Crippen LogP contribution in [0.2, 0.25) is 0 Å². The summed E-state index contributed by atoms with van der Waals surface area (Å²) in [5, 5.41) is 0. The van der Waals surface area contributed by atoms with Gasteiger partial charge < -0.3 is 14.5 Å². The molecule has 1 N–H and O–H groups in total. The van der Waals surface area contributed by atoms with E-state index in [1.165, 1.54) is 9.80 Å². The van der Waals surface area contributed by atoms with Crippen LogP contribution in [0.3, 0.4) is 0 Å². The minimum Gasteiger partial charge on any atom is -0.492 e. The van der Waals surface area contributed by atoms with Crippen LogP contribution in [-0.4, -0.2) is 73.1 Å². The van der Waals surface area contributed by atoms with Crippen LogP contribution >= 0.6 is 0 Å². The average molecular weight is 430 g/mol. The van der Waals surface area contributed by atoms with Crippen molar-refractivity contribution in [3.05, 3.63) is 24.3 Å². The molecule has 0 unspecified atom stereocenters. The van der Waals surface area contributed by atoms with Crippen molar-refractivity contribution in [3.63, 3.8) is 0 Å². The highest BCUT2D eigenvalue weighted by Crippen LogP contribution is 2.31. The summed E-state index contributed by atoms with van der Waals surface area (Å²) in [4.78, 5) is 44.1. The fraction of sp³-hybridized carbons (Fsp3) is 0.609. The normalized spacial score (nSPS) is 25.5. The van der Waals surface area contributed by atoms with E-state index < -0.39 is 17.8 Å². The van der Waals surface area contributed by atoms with Crippen LogP contribution in [0.15, 0.2) is 24.3 Å². The molecule has 1 saturated carbocycles. The zero-order valence-corrected chi connectivity index (χ0v) is 18.5. The first-order chi connectivity index (χ1) is 15.0. The Morgan fingerprint density at radius 1 is 1.03 bits per heavy atom. The summed E-state index contributed by atoms with van der Waals surface area (Å²) in [6.07, 6.45) is 3.90. The van der Waals surface area contributed by atoms with Gasteiger partial charge in [-0.3, -0.25) is 14.5 Å². The minimum atomic E-state index is -0.667. The number of ether oxygens (including phenoxy) is 1. The Morgan fingerprint density at radius 3 is 2.45 bits per heavy atom. The Hall–Kier alpha value is -2.61. The Balaban J connectivity index is 1.38. The van der Waals surface area contributed by atoms with Gasteiger partial charge in [-0.05, 0) is 37.8 Å². The lowest BCUT2D eigenvalue weighted by molar-refractivity contribution is -0.907. The average Bonchev–Trinajstić information content (AvgIpc) is 2.99. The van der Waals surface area contributed by atoms with E-state index in [0.29, 0.717) is 6.61 Å². The lowest BCUT2D eigenvalue weighted by Crippen LogP contribution is -3.16. The number of carbonyl (C=O) groups is 3. The molecule has 3 aliphatic rings. The number of quaternary nitrogens is 1. The highest BCUT2D eigenvalue weighted by atomic mass is 16.5. The lowest BCUT2D eigenvalue weighted by Gasteiger charge is -2.36. The lowest BCUT2D eigenvalue weighted by atomic mass is 9.85. The summed E-state index contributed by atoms with van der Waals surface area (Å²) in [5.41, 5.74) is 1.07. The largest absolute Gasteiger partial charge is 0.492 e. The van der Waals surface area contributed by atoms with Crippen molar-refractivity contribution in [1.29, 1.82) is 0 Å². The van der Waals surface area contributed by atoms with E-state index in [9.17, 15) is 14.4 Å². The molecule has 2 aliphatic heterocycles. The summed E-state index contributed by atoms with van der Waals surface area (Å²) in [6, 6.07) is 7.44. The highest BCUT2D eigenvalue weighted by molar-refractivity contribution is 6.44. The molecule has 0 spiro atoms. The van der Waals surface area contributed by atoms with Crippen LogP contribution in [0.4, 0.5) is 10.5 Å². The van der Waals surface area contributed by atoms with Crippen LogP contribution in [0.5, 0.6) is 5.75 Å². The molecule has 168 valence electrons. The maximum absolute atomic E-state index is 13.0. The number of carbonyl (C=O) groups excluding carboxylic acids is 3. The number of nitrogens with one attached hydrogen (secondary N) is 1. The molecule has 0 aromatic heterocycles. The standard InChI is InChI=1S/C23H32N4O4/c1-3-31-20-11-7-6-10-19(20)25-14-12-24(13-15-25)16-26-21(28)22(29)27(23(26)30)18-9-5-4-8-17(18)2/h6-7,10-11,17-18H,3-5,8-9,12-16H2,1-2H3/p+1/t17-,18-/m1/s1. The molecule has 1 aromatic carbocycles. The van der Waals surface area contributed by atoms with E-state index in [2.05, 4.69) is 17.9 Å². The van der Waals surface area contributed by atoms with Gasteiger partial charge in [-0.2, -0.15) is 0 Å². The van der Waals surface area contributed by atoms with Crippen molar-refractivity contribution in [1.82, 2.24) is 9.80 Å². The quantitative estimate of drug-likeness (QED) is 0.542. The number of hydrogen-bond donors (Lipinski definition) is 1. The molecule has 2 heterocycles. The second kappa shape index (κ2) is 9.26. The van der Waals surface area contributed by atoms with E-state index in [1.54, 1.807) is 0 Å². The summed E-state index contributed by atoms with van der Waals surface area (Å²) in [5.74, 6) is -0.191. The Kier molecular flexibility index (Phi) is 6.46. The van der Waals surface area contributed by atoms with Crippen molar-refractivity contribution in [2.75, 3.05) is 44.4 Å². The molecule has 4 amide bonds. The van der Waals surface area contributed by atoms with E-state index >= 15 is 0 Å². The van der Waals surface area contributed by atoms with Crippen molar-refractivity contribution in [3.8, 4) is 5.75 Å². The molecule has 3 fully saturated rings. The topological polar surface area (TPSA) is 74.6 Å². The van der Waals surface area contributed by atoms with Gasteiger partial charge in [0.05, 0.1) is 38.5 Å². The van der Waals surface area contributed by atoms with Crippen molar-refractivity contribution in [2.24, 2.45) is 5.92 Å².